The first-order valence-electron chi connectivity index (χ1n) is 6.20. The van der Waals surface area contributed by atoms with Gasteiger partial charge in [-0.1, -0.05) is 46.9 Å². The quantitative estimate of drug-likeness (QED) is 0.645. The summed E-state index contributed by atoms with van der Waals surface area (Å²) in [4.78, 5) is 11.6. The smallest absolute Gasteiger partial charge is 0.277 e. The summed E-state index contributed by atoms with van der Waals surface area (Å²) < 4.78 is 5.28. The molecule has 4 nitrogen and oxygen atoms in total. The Morgan fingerprint density at radius 2 is 1.86 bits per heavy atom. The normalized spacial score (nSPS) is 10.7. The van der Waals surface area contributed by atoms with E-state index in [-0.39, 0.29) is 6.61 Å². The molecule has 1 amide bonds. The Morgan fingerprint density at radius 3 is 2.59 bits per heavy atom. The molecule has 0 aliphatic carbocycles. The zero-order valence-electron chi connectivity index (χ0n) is 11.2. The molecule has 22 heavy (non-hydrogen) atoms. The highest BCUT2D eigenvalue weighted by Gasteiger charge is 2.03. The number of halogens is 3. The van der Waals surface area contributed by atoms with Gasteiger partial charge in [0, 0.05) is 10.6 Å². The van der Waals surface area contributed by atoms with E-state index in [1.807, 2.05) is 0 Å². The van der Waals surface area contributed by atoms with Crippen LogP contribution in [0.5, 0.6) is 5.75 Å². The van der Waals surface area contributed by atoms with Crippen LogP contribution in [0.4, 0.5) is 0 Å². The van der Waals surface area contributed by atoms with Crippen molar-refractivity contribution in [3.63, 3.8) is 0 Å². The van der Waals surface area contributed by atoms with Gasteiger partial charge < -0.3 is 4.74 Å². The molecule has 0 radical (unpaired) electrons. The van der Waals surface area contributed by atoms with Crippen molar-refractivity contribution < 1.29 is 9.53 Å². The first kappa shape index (κ1) is 16.6. The zero-order chi connectivity index (χ0) is 15.9. The number of carbonyl (C=O) groups excluding carboxylic acids is 1. The highest BCUT2D eigenvalue weighted by Crippen LogP contribution is 2.24. The lowest BCUT2D eigenvalue weighted by atomic mass is 10.2. The number of benzene rings is 2. The van der Waals surface area contributed by atoms with Crippen molar-refractivity contribution in [1.29, 1.82) is 0 Å². The molecule has 0 aliphatic heterocycles. The lowest BCUT2D eigenvalue weighted by Crippen LogP contribution is -2.24. The maximum Gasteiger partial charge on any atom is 0.277 e. The van der Waals surface area contributed by atoms with Crippen LogP contribution in [-0.4, -0.2) is 18.7 Å². The predicted molar refractivity (Wildman–Crippen MR) is 89.1 cm³/mol. The molecule has 0 spiro atoms. The second kappa shape index (κ2) is 8.03. The van der Waals surface area contributed by atoms with Crippen LogP contribution < -0.4 is 10.2 Å². The molecule has 0 saturated heterocycles. The number of hydrogen-bond acceptors (Lipinski definition) is 3. The van der Waals surface area contributed by atoms with Gasteiger partial charge in [0.15, 0.2) is 6.61 Å². The minimum absolute atomic E-state index is 0.164. The van der Waals surface area contributed by atoms with Gasteiger partial charge in [-0.3, -0.25) is 4.79 Å². The summed E-state index contributed by atoms with van der Waals surface area (Å²) in [6.07, 6.45) is 1.41. The summed E-state index contributed by atoms with van der Waals surface area (Å²) in [6.45, 7) is -0.164. The Morgan fingerprint density at radius 1 is 1.14 bits per heavy atom. The zero-order valence-corrected chi connectivity index (χ0v) is 13.5. The molecule has 2 rings (SSSR count). The van der Waals surface area contributed by atoms with Crippen LogP contribution >= 0.6 is 34.8 Å². The molecule has 0 bridgehead atoms. The third kappa shape index (κ3) is 4.91. The molecule has 0 fully saturated rings. The molecule has 114 valence electrons. The van der Waals surface area contributed by atoms with Crippen molar-refractivity contribution in [2.24, 2.45) is 5.10 Å². The number of nitrogens with zero attached hydrogens (tertiary/aromatic N) is 1. The van der Waals surface area contributed by atoms with Gasteiger partial charge in [-0.25, -0.2) is 5.43 Å². The van der Waals surface area contributed by atoms with Gasteiger partial charge in [0.1, 0.15) is 5.75 Å². The largest absolute Gasteiger partial charge is 0.484 e. The maximum absolute atomic E-state index is 11.6. The Hall–Kier alpha value is -1.75. The van der Waals surface area contributed by atoms with E-state index in [0.29, 0.717) is 26.4 Å². The lowest BCUT2D eigenvalue weighted by Gasteiger charge is -2.05. The molecule has 1 N–H and O–H groups in total. The Kier molecular flexibility index (Phi) is 6.07. The summed E-state index contributed by atoms with van der Waals surface area (Å²) in [5.74, 6) is 0.144. The maximum atomic E-state index is 11.6. The Balaban J connectivity index is 1.83. The van der Waals surface area contributed by atoms with E-state index >= 15 is 0 Å². The van der Waals surface area contributed by atoms with Crippen LogP contribution in [0.1, 0.15) is 5.56 Å². The third-order valence-electron chi connectivity index (χ3n) is 2.56. The molecular weight excluding hydrogens is 347 g/mol. The number of nitrogens with one attached hydrogen (secondary N) is 1. The van der Waals surface area contributed by atoms with Crippen LogP contribution in [0, 0.1) is 0 Å². The molecule has 0 saturated carbocycles. The van der Waals surface area contributed by atoms with Crippen LogP contribution in [0.2, 0.25) is 15.1 Å². The van der Waals surface area contributed by atoms with E-state index in [9.17, 15) is 4.79 Å². The van der Waals surface area contributed by atoms with E-state index in [4.69, 9.17) is 39.5 Å². The summed E-state index contributed by atoms with van der Waals surface area (Å²) in [7, 11) is 0. The lowest BCUT2D eigenvalue weighted by molar-refractivity contribution is -0.123. The fraction of sp³-hybridized carbons (Fsp3) is 0.0667. The monoisotopic (exact) mass is 356 g/mol. The number of ether oxygens (including phenoxy) is 1. The molecular formula is C15H11Cl3N2O2. The molecule has 0 atom stereocenters. The fourth-order valence-electron chi connectivity index (χ4n) is 1.51. The van der Waals surface area contributed by atoms with Gasteiger partial charge in [-0.05, 0) is 30.3 Å². The van der Waals surface area contributed by atoms with Crippen LogP contribution in [0.15, 0.2) is 47.6 Å². The minimum atomic E-state index is -0.399. The molecule has 2 aromatic rings. The van der Waals surface area contributed by atoms with Crippen LogP contribution in [-0.2, 0) is 4.79 Å². The van der Waals surface area contributed by atoms with Crippen LogP contribution in [0.3, 0.4) is 0 Å². The van der Waals surface area contributed by atoms with E-state index in [0.717, 1.165) is 0 Å². The summed E-state index contributed by atoms with van der Waals surface area (Å²) in [5.41, 5.74) is 2.94. The number of hydrazone groups is 1. The molecule has 7 heteroatoms. The fourth-order valence-corrected chi connectivity index (χ4v) is 1.99. The topological polar surface area (TPSA) is 50.7 Å². The van der Waals surface area contributed by atoms with Crippen molar-refractivity contribution >= 4 is 46.9 Å². The standard InChI is InChI=1S/C15H11Cl3N2O2/c16-11-4-6-12(7-5-11)22-9-14(21)20-19-8-10-2-1-3-13(17)15(10)18/h1-8H,9H2,(H,20,21). The SMILES string of the molecule is O=C(COc1ccc(Cl)cc1)NN=Cc1cccc(Cl)c1Cl. The molecule has 0 aliphatic rings. The van der Waals surface area contributed by atoms with Crippen molar-refractivity contribution in [1.82, 2.24) is 5.43 Å². The Bertz CT molecular complexity index is 688. The van der Waals surface area contributed by atoms with Crippen molar-refractivity contribution in [3.8, 4) is 5.75 Å². The summed E-state index contributed by atoms with van der Waals surface area (Å²) >= 11 is 17.6. The minimum Gasteiger partial charge on any atom is -0.484 e. The van der Waals surface area contributed by atoms with Gasteiger partial charge >= 0.3 is 0 Å². The third-order valence-corrected chi connectivity index (χ3v) is 3.64. The number of hydrogen-bond donors (Lipinski definition) is 1. The van der Waals surface area contributed by atoms with Gasteiger partial charge in [-0.15, -0.1) is 0 Å². The van der Waals surface area contributed by atoms with Gasteiger partial charge in [0.05, 0.1) is 16.3 Å². The van der Waals surface area contributed by atoms with Crippen LogP contribution in [0.25, 0.3) is 0 Å². The first-order chi connectivity index (χ1) is 10.6. The second-order valence-electron chi connectivity index (χ2n) is 4.18. The predicted octanol–water partition coefficient (Wildman–Crippen LogP) is 4.18. The average Bonchev–Trinajstić information content (AvgIpc) is 2.51. The summed E-state index contributed by atoms with van der Waals surface area (Å²) in [6, 6.07) is 11.8. The summed E-state index contributed by atoms with van der Waals surface area (Å²) in [5, 5.41) is 5.19. The van der Waals surface area contributed by atoms with E-state index in [1.165, 1.54) is 6.21 Å². The molecule has 0 heterocycles. The van der Waals surface area contributed by atoms with E-state index in [1.54, 1.807) is 42.5 Å². The average molecular weight is 358 g/mol. The van der Waals surface area contributed by atoms with E-state index < -0.39 is 5.91 Å². The molecule has 0 unspecified atom stereocenters. The molecule has 0 aromatic heterocycles. The number of carbonyl (C=O) groups is 1. The number of rotatable bonds is 5. The first-order valence-corrected chi connectivity index (χ1v) is 7.34. The molecule has 2 aromatic carbocycles. The Labute approximate surface area is 142 Å². The van der Waals surface area contributed by atoms with Crippen molar-refractivity contribution in [2.75, 3.05) is 6.61 Å². The van der Waals surface area contributed by atoms with Crippen molar-refractivity contribution in [2.45, 2.75) is 0 Å². The van der Waals surface area contributed by atoms with Gasteiger partial charge in [0.2, 0.25) is 0 Å². The van der Waals surface area contributed by atoms with Crippen molar-refractivity contribution in [3.05, 3.63) is 63.1 Å². The second-order valence-corrected chi connectivity index (χ2v) is 5.40. The number of amides is 1. The van der Waals surface area contributed by atoms with E-state index in [2.05, 4.69) is 10.5 Å². The van der Waals surface area contributed by atoms with Gasteiger partial charge in [-0.2, -0.15) is 5.10 Å². The van der Waals surface area contributed by atoms with Gasteiger partial charge in [0.25, 0.3) is 5.91 Å². The highest BCUT2D eigenvalue weighted by molar-refractivity contribution is 6.43. The highest BCUT2D eigenvalue weighted by atomic mass is 35.5.